The molecule has 0 radical (unpaired) electrons. The molecule has 114 valence electrons. The largest absolute Gasteiger partial charge is 0.619 e. The fourth-order valence-corrected chi connectivity index (χ4v) is 2.53. The molecule has 21 heavy (non-hydrogen) atoms. The minimum absolute atomic E-state index is 0.0631. The molecule has 2 aliphatic rings. The summed E-state index contributed by atoms with van der Waals surface area (Å²) in [6, 6.07) is 2.33. The minimum Gasteiger partial charge on any atom is -0.619 e. The summed E-state index contributed by atoms with van der Waals surface area (Å²) < 4.78 is 0.771. The zero-order valence-electron chi connectivity index (χ0n) is 11.7. The molecule has 0 amide bonds. The molecule has 1 aliphatic heterocycles. The summed E-state index contributed by atoms with van der Waals surface area (Å²) in [6.07, 6.45) is 9.00. The van der Waals surface area contributed by atoms with Gasteiger partial charge in [0.25, 0.3) is 11.0 Å². The van der Waals surface area contributed by atoms with Crippen LogP contribution in [0.3, 0.4) is 0 Å². The Bertz CT molecular complexity index is 656. The van der Waals surface area contributed by atoms with Crippen molar-refractivity contribution in [1.29, 1.82) is 0 Å². The van der Waals surface area contributed by atoms with E-state index in [4.69, 9.17) is 5.73 Å². The van der Waals surface area contributed by atoms with Crippen LogP contribution in [0.15, 0.2) is 12.1 Å². The summed E-state index contributed by atoms with van der Waals surface area (Å²) >= 11 is 0. The Hall–Kier alpha value is -2.38. The van der Waals surface area contributed by atoms with Crippen molar-refractivity contribution in [1.82, 2.24) is 9.48 Å². The Morgan fingerprint density at radius 3 is 2.00 bits per heavy atom. The van der Waals surface area contributed by atoms with Crippen molar-refractivity contribution < 1.29 is 4.92 Å². The van der Waals surface area contributed by atoms with E-state index < -0.39 is 11.6 Å². The molecular formula is C13H18N4O4. The summed E-state index contributed by atoms with van der Waals surface area (Å²) in [7, 11) is 0. The number of benzene rings is 1. The number of nitro benzene ring substituents is 1. The summed E-state index contributed by atoms with van der Waals surface area (Å²) in [5.41, 5.74) is 4.80. The number of nitrogens with zero attached hydrogens (tertiary/aromatic N) is 3. The summed E-state index contributed by atoms with van der Waals surface area (Å²) in [4.78, 5) is 9.83. The topological polar surface area (TPSA) is 121 Å². The Morgan fingerprint density at radius 1 is 1.00 bits per heavy atom. The van der Waals surface area contributed by atoms with E-state index in [-0.39, 0.29) is 22.1 Å². The molecule has 0 bridgehead atoms. The van der Waals surface area contributed by atoms with Gasteiger partial charge in [-0.3, -0.25) is 10.1 Å². The molecule has 0 aromatic heterocycles. The van der Waals surface area contributed by atoms with E-state index in [0.717, 1.165) is 6.07 Å². The number of nitrogens with two attached hydrogens (primary N) is 1. The highest BCUT2D eigenvalue weighted by atomic mass is 16.6. The van der Waals surface area contributed by atoms with Crippen molar-refractivity contribution in [2.45, 2.75) is 38.5 Å². The van der Waals surface area contributed by atoms with Crippen LogP contribution < -0.4 is 25.9 Å². The van der Waals surface area contributed by atoms with Gasteiger partial charge in [-0.1, -0.05) is 38.5 Å². The second-order valence-corrected chi connectivity index (χ2v) is 5.14. The number of nitrogen functional groups attached to an aromatic ring is 1. The van der Waals surface area contributed by atoms with E-state index in [0.29, 0.717) is 9.48 Å². The lowest BCUT2D eigenvalue weighted by molar-refractivity contribution is -0.384. The first-order valence-corrected chi connectivity index (χ1v) is 6.98. The lowest BCUT2D eigenvalue weighted by Gasteiger charge is -2.05. The highest BCUT2D eigenvalue weighted by Crippen LogP contribution is 2.15. The molecule has 1 saturated carbocycles. The highest BCUT2D eigenvalue weighted by molar-refractivity contribution is 5.57. The molecule has 1 aliphatic carbocycles. The standard InChI is InChI=1S/C7H6N4O4.C6H12/c8-6-4(11(14)15)1-2-5-7(6)10(13)3-9(5)12;1-2-4-6-5-3-1/h1-2H,3,8H2;1-6H2. The summed E-state index contributed by atoms with van der Waals surface area (Å²) in [5.74, 6) is 0. The fraction of sp³-hybridized carbons (Fsp3) is 0.538. The number of rotatable bonds is 1. The molecule has 1 heterocycles. The first kappa shape index (κ1) is 15.0. The Kier molecular flexibility index (Phi) is 4.56. The number of fused-ring (bicyclic) bond motifs is 1. The molecule has 0 unspecified atom stereocenters. The lowest BCUT2D eigenvalue weighted by atomic mass is 10.0. The SMILES string of the molecule is C1CCCCC1.Nc1c([N+](=O)[O-])ccc2c1=[N+]([O-])C[N+]=2[O-]. The molecule has 8 heteroatoms. The van der Waals surface area contributed by atoms with Gasteiger partial charge >= 0.3 is 12.0 Å². The zero-order valence-corrected chi connectivity index (χ0v) is 11.7. The predicted octanol–water partition coefficient (Wildman–Crippen LogP) is 0.467. The zero-order chi connectivity index (χ0) is 15.4. The van der Waals surface area contributed by atoms with E-state index in [1.807, 2.05) is 0 Å². The number of anilines is 1. The van der Waals surface area contributed by atoms with Gasteiger partial charge in [0, 0.05) is 12.1 Å². The molecule has 8 nitrogen and oxygen atoms in total. The van der Waals surface area contributed by atoms with Crippen molar-refractivity contribution in [2.24, 2.45) is 0 Å². The molecule has 0 saturated heterocycles. The Balaban J connectivity index is 0.000000225. The molecule has 2 N–H and O–H groups in total. The fourth-order valence-electron chi connectivity index (χ4n) is 2.53. The van der Waals surface area contributed by atoms with Crippen LogP contribution in [0.5, 0.6) is 0 Å². The second-order valence-electron chi connectivity index (χ2n) is 5.14. The van der Waals surface area contributed by atoms with Gasteiger partial charge in [-0.25, -0.2) is 0 Å². The van der Waals surface area contributed by atoms with Gasteiger partial charge in [0.1, 0.15) is 0 Å². The molecule has 0 atom stereocenters. The second kappa shape index (κ2) is 6.38. The molecule has 1 fully saturated rings. The third kappa shape index (κ3) is 3.21. The van der Waals surface area contributed by atoms with Gasteiger partial charge in [-0.15, -0.1) is 9.48 Å². The van der Waals surface area contributed by atoms with Gasteiger partial charge in [0.05, 0.1) is 4.92 Å². The van der Waals surface area contributed by atoms with Gasteiger partial charge in [-0.05, 0) is 0 Å². The molecule has 1 aromatic rings. The maximum absolute atomic E-state index is 11.2. The lowest BCUT2D eigenvalue weighted by Crippen LogP contribution is -2.35. The molecule has 0 spiro atoms. The first-order valence-electron chi connectivity index (χ1n) is 6.98. The van der Waals surface area contributed by atoms with Gasteiger partial charge < -0.3 is 16.1 Å². The first-order chi connectivity index (χ1) is 10.0. The molecular weight excluding hydrogens is 276 g/mol. The van der Waals surface area contributed by atoms with E-state index in [9.17, 15) is 20.5 Å². The number of hydroxylamine groups is 2. The van der Waals surface area contributed by atoms with Crippen LogP contribution in [0, 0.1) is 20.5 Å². The third-order valence-corrected chi connectivity index (χ3v) is 3.64. The third-order valence-electron chi connectivity index (χ3n) is 3.64. The van der Waals surface area contributed by atoms with Gasteiger partial charge in [-0.2, -0.15) is 0 Å². The monoisotopic (exact) mass is 294 g/mol. The quantitative estimate of drug-likeness (QED) is 0.265. The molecule has 3 rings (SSSR count). The average molecular weight is 294 g/mol. The maximum Gasteiger partial charge on any atom is 0.355 e. The predicted molar refractivity (Wildman–Crippen MR) is 78.5 cm³/mol. The van der Waals surface area contributed by atoms with Gasteiger partial charge in [0.15, 0.2) is 5.69 Å². The smallest absolute Gasteiger partial charge is 0.355 e. The minimum atomic E-state index is -0.698. The van der Waals surface area contributed by atoms with Crippen LogP contribution >= 0.6 is 0 Å². The van der Waals surface area contributed by atoms with Crippen LogP contribution in [0.4, 0.5) is 11.4 Å². The number of nitro groups is 1. The Morgan fingerprint density at radius 2 is 1.52 bits per heavy atom. The van der Waals surface area contributed by atoms with E-state index in [1.54, 1.807) is 0 Å². The average Bonchev–Trinajstić information content (AvgIpc) is 2.77. The van der Waals surface area contributed by atoms with Crippen LogP contribution in [0.2, 0.25) is 0 Å². The van der Waals surface area contributed by atoms with Crippen LogP contribution in [-0.4, -0.2) is 11.6 Å². The maximum atomic E-state index is 11.2. The van der Waals surface area contributed by atoms with Gasteiger partial charge in [0.2, 0.25) is 0 Å². The van der Waals surface area contributed by atoms with Crippen molar-refractivity contribution in [3.63, 3.8) is 0 Å². The van der Waals surface area contributed by atoms with Crippen molar-refractivity contribution >= 4 is 11.4 Å². The van der Waals surface area contributed by atoms with Crippen molar-refractivity contribution in [3.05, 3.63) is 43.4 Å². The van der Waals surface area contributed by atoms with E-state index in [1.165, 1.54) is 44.6 Å². The van der Waals surface area contributed by atoms with Crippen LogP contribution in [0.25, 0.3) is 0 Å². The van der Waals surface area contributed by atoms with E-state index >= 15 is 0 Å². The van der Waals surface area contributed by atoms with Crippen molar-refractivity contribution in [2.75, 3.05) is 12.4 Å². The summed E-state index contributed by atoms with van der Waals surface area (Å²) in [6.45, 7) is -0.416. The molecule has 1 aromatic carbocycles. The van der Waals surface area contributed by atoms with E-state index in [2.05, 4.69) is 0 Å². The van der Waals surface area contributed by atoms with Crippen LogP contribution in [0.1, 0.15) is 38.5 Å². The normalized spacial score (nSPS) is 17.0. The highest BCUT2D eigenvalue weighted by Gasteiger charge is 2.26. The Labute approximate surface area is 121 Å². The van der Waals surface area contributed by atoms with Crippen molar-refractivity contribution in [3.8, 4) is 0 Å². The van der Waals surface area contributed by atoms with Crippen LogP contribution in [-0.2, 0) is 0 Å². The summed E-state index contributed by atoms with van der Waals surface area (Å²) in [5, 5.41) is 32.9. The number of hydrogen-bond donors (Lipinski definition) is 1. The number of hydrogen-bond acceptors (Lipinski definition) is 5.